The Bertz CT molecular complexity index is 6400. The Labute approximate surface area is 597 Å². The summed E-state index contributed by atoms with van der Waals surface area (Å²) >= 11 is 0. The molecule has 23 aliphatic carbocycles. The van der Waals surface area contributed by atoms with E-state index in [1.165, 1.54) is 24.3 Å². The van der Waals surface area contributed by atoms with Gasteiger partial charge in [-0.05, 0) is 110 Å². The largest absolute Gasteiger partial charge is 0.507 e. The van der Waals surface area contributed by atoms with Crippen molar-refractivity contribution in [3.63, 3.8) is 0 Å². The SMILES string of the molecule is O=COC1=C2C=CC3=C(O)C4=C(OC=O)C5=C(OC=O)c6ccc(C(=O)O)c7c(O)c8c9c(c67)C5C5C4[C@@]4(O)C3C2=C2C3C6C7=C%10C%11C(=C(O)C%12=C(C(=O)O)C%13=C%14C(C%12%10)C6C6C%10C%12C(=C8C(=O)O)C(C(=O)O)=C(C=C%13O)[C@]%14%10OO[C@@]5(C9%12)C6[C@]34O)C=C3C(C(=O)O)=C(O)C=C4C(OC=O)=C5C(O)=C1[C@]21O[C@]71C5=C%11C43. The van der Waals surface area contributed by atoms with E-state index in [2.05, 4.69) is 0 Å². The van der Waals surface area contributed by atoms with Gasteiger partial charge in [-0.15, -0.1) is 0 Å². The summed E-state index contributed by atoms with van der Waals surface area (Å²) in [5.74, 6) is -42.0. The lowest BCUT2D eigenvalue weighted by Gasteiger charge is -2.83. The van der Waals surface area contributed by atoms with E-state index in [0.717, 1.165) is 18.2 Å². The van der Waals surface area contributed by atoms with Crippen LogP contribution >= 0.6 is 0 Å². The Morgan fingerprint density at radius 2 is 1.20 bits per heavy atom. The van der Waals surface area contributed by atoms with Gasteiger partial charge in [0.1, 0.15) is 80.0 Å². The number of phenols is 1. The fourth-order valence-corrected chi connectivity index (χ4v) is 29.8. The average Bonchev–Trinajstić information content (AvgIpc) is 1.32. The standard InChI is InChI=1S/C79H40O29/c80-8-102-64-12-1-3-14(69(90)91)26-24(12)30-37-40(62(26)88)42(73(98)99)31-28(71(94)95)19-7-21(85)29-41(72(96)97)39-32-35-25-17(61(39)87)5-16-22-18(6-20(84)23(16)70(92)93)65(103-9-81)47-54(34(22)25)78-53(35)44-33-36(32)50(29)74(19)52-43(31)51(37)75(108-107-74)55-38(30)46(64)67(105-11-83)48-57(55)76(100)49-15(60(48)86)4-2-13-27(49)58(56(44)77(76,101)68(75)45(33)52)79(78,106-78)59(63(47)89)66(13)104-10-82/h1-11,22,25,32-33,36,38,43-45,49,51-52,55-57,68,84-89,100-101H,(H,90,91)(H,92,93)(H,94,95)(H,96,97)(H,98,99)/t22?,25?,32?,33?,36?,38?,43?,44?,45?,49?,51?,52?,55?,56?,57?,68?,74-,75+,76-,77+,78-,79+/m0/s1. The monoisotopic (exact) mass is 1450 g/mol. The van der Waals surface area contributed by atoms with Crippen LogP contribution in [0.4, 0.5) is 0 Å². The number of rotatable bonds is 13. The molecule has 22 atom stereocenters. The number of carboxylic acids is 5. The van der Waals surface area contributed by atoms with Gasteiger partial charge in [0.25, 0.3) is 25.9 Å². The minimum atomic E-state index is -2.99. The third kappa shape index (κ3) is 4.58. The van der Waals surface area contributed by atoms with Gasteiger partial charge in [0, 0.05) is 149 Å². The molecule has 2 aromatic rings. The first-order valence-corrected chi connectivity index (χ1v) is 34.8. The summed E-state index contributed by atoms with van der Waals surface area (Å²) in [5, 5.41) is 174. The van der Waals surface area contributed by atoms with Crippen molar-refractivity contribution >= 4 is 77.8 Å². The Kier molecular flexibility index (Phi) is 8.57. The van der Waals surface area contributed by atoms with Crippen LogP contribution in [0.25, 0.3) is 22.1 Å². The molecule has 3 aliphatic heterocycles. The maximum absolute atomic E-state index is 16.8. The summed E-state index contributed by atoms with van der Waals surface area (Å²) in [7, 11) is 0. The van der Waals surface area contributed by atoms with Crippen LogP contribution in [0.2, 0.25) is 0 Å². The highest BCUT2D eigenvalue weighted by molar-refractivity contribution is 6.25. The zero-order chi connectivity index (χ0) is 73.5. The fraction of sp³-hybridized carbons (Fsp3) is 0.278. The number of benzene rings is 2. The number of fused-ring (bicyclic) bond motifs is 1. The maximum Gasteiger partial charge on any atom is 0.339 e. The molecule has 29 heteroatoms. The molecule has 530 valence electrons. The number of aliphatic carboxylic acids is 4. The van der Waals surface area contributed by atoms with Gasteiger partial charge in [0.15, 0.2) is 16.8 Å². The Hall–Kier alpha value is -12.4. The highest BCUT2D eigenvalue weighted by Crippen LogP contribution is 2.96. The fourth-order valence-electron chi connectivity index (χ4n) is 29.8. The van der Waals surface area contributed by atoms with Crippen molar-refractivity contribution in [1.82, 2.24) is 0 Å². The van der Waals surface area contributed by atoms with E-state index in [1.54, 1.807) is 0 Å². The number of aliphatic hydroxyl groups is 7. The van der Waals surface area contributed by atoms with E-state index in [0.29, 0.717) is 0 Å². The predicted molar refractivity (Wildman–Crippen MR) is 342 cm³/mol. The molecule has 26 aliphatic rings. The minimum absolute atomic E-state index is 0.00504. The van der Waals surface area contributed by atoms with Gasteiger partial charge in [-0.25, -0.2) is 33.7 Å². The summed E-state index contributed by atoms with van der Waals surface area (Å²) in [4.78, 5) is 144. The topological polar surface area (TPSA) is 485 Å². The molecule has 8 fully saturated rings. The molecule has 4 spiro atoms. The molecule has 0 aromatic heterocycles. The van der Waals surface area contributed by atoms with Crippen molar-refractivity contribution in [2.45, 2.75) is 45.4 Å². The smallest absolute Gasteiger partial charge is 0.339 e. The molecule has 29 nitrogen and oxygen atoms in total. The van der Waals surface area contributed by atoms with Crippen molar-refractivity contribution in [1.29, 1.82) is 0 Å². The second-order valence-corrected chi connectivity index (χ2v) is 32.4. The van der Waals surface area contributed by atoms with Crippen LogP contribution in [0.3, 0.4) is 0 Å². The van der Waals surface area contributed by atoms with Crippen LogP contribution in [0.5, 0.6) is 5.75 Å². The molecule has 5 saturated carbocycles. The average molecular weight is 1450 g/mol. The first kappa shape index (κ1) is 57.9. The predicted octanol–water partition coefficient (Wildman–Crippen LogP) is 4.90. The summed E-state index contributed by atoms with van der Waals surface area (Å²) < 4.78 is 32.6. The molecule has 28 rings (SSSR count). The van der Waals surface area contributed by atoms with Gasteiger partial charge >= 0.3 is 29.8 Å². The minimum Gasteiger partial charge on any atom is -0.507 e. The molecular formula is C79H40O29. The number of phenolic OH excluding ortho intramolecular Hbond substituents is 1. The highest BCUT2D eigenvalue weighted by Gasteiger charge is 3.00. The first-order valence-electron chi connectivity index (χ1n) is 34.8. The summed E-state index contributed by atoms with van der Waals surface area (Å²) in [6.07, 6.45) is 6.02. The number of aliphatic hydroxyl groups excluding tert-OH is 5. The lowest BCUT2D eigenvalue weighted by molar-refractivity contribution is -0.451. The van der Waals surface area contributed by atoms with Crippen molar-refractivity contribution in [2.75, 3.05) is 0 Å². The second-order valence-electron chi connectivity index (χ2n) is 32.4. The number of hydrogen-bond acceptors (Lipinski definition) is 24. The summed E-state index contributed by atoms with van der Waals surface area (Å²) in [6, 6.07) is 2.28. The van der Waals surface area contributed by atoms with Crippen LogP contribution in [-0.2, 0) is 71.8 Å². The number of carbonyl (C=O) groups excluding carboxylic acids is 4. The van der Waals surface area contributed by atoms with Gasteiger partial charge in [0.05, 0.1) is 33.4 Å². The van der Waals surface area contributed by atoms with Crippen molar-refractivity contribution in [2.24, 2.45) is 82.9 Å². The van der Waals surface area contributed by atoms with Gasteiger partial charge in [0.2, 0.25) is 0 Å². The quantitative estimate of drug-likeness (QED) is 0.0417. The number of ether oxygens (including phenoxy) is 5. The summed E-state index contributed by atoms with van der Waals surface area (Å²) in [6.45, 7) is 0.0902. The van der Waals surface area contributed by atoms with E-state index in [4.69, 9.17) is 33.5 Å². The van der Waals surface area contributed by atoms with E-state index in [9.17, 15) is 84.9 Å². The molecule has 13 N–H and O–H groups in total. The first-order chi connectivity index (χ1) is 51.9. The molecule has 108 heavy (non-hydrogen) atoms. The lowest BCUT2D eigenvalue weighted by atomic mass is 9.20. The molecule has 3 saturated heterocycles. The number of carbonyl (C=O) groups is 9. The van der Waals surface area contributed by atoms with Gasteiger partial charge in [-0.3, -0.25) is 19.2 Å². The van der Waals surface area contributed by atoms with E-state index >= 15 is 24.6 Å². The maximum atomic E-state index is 16.8. The van der Waals surface area contributed by atoms with Crippen molar-refractivity contribution < 1.29 is 143 Å². The third-order valence-electron chi connectivity index (χ3n) is 30.8. The molecular weight excluding hydrogens is 1410 g/mol. The van der Waals surface area contributed by atoms with Crippen LogP contribution < -0.4 is 0 Å². The Balaban J connectivity index is 0.940. The zero-order valence-corrected chi connectivity index (χ0v) is 53.9. The van der Waals surface area contributed by atoms with E-state index in [1.807, 2.05) is 0 Å². The second kappa shape index (κ2) is 16.0. The number of allylic oxidation sites excluding steroid dienone is 14. The molecule has 5 bridgehead atoms. The Morgan fingerprint density at radius 1 is 0.509 bits per heavy atom. The van der Waals surface area contributed by atoms with Crippen molar-refractivity contribution in [3.05, 3.63) is 245 Å². The number of carboxylic acid groups (broad SMARTS) is 5. The number of epoxide rings is 1. The highest BCUT2D eigenvalue weighted by atomic mass is 17.2. The molecule has 0 radical (unpaired) electrons. The van der Waals surface area contributed by atoms with E-state index in [-0.39, 0.29) is 137 Å². The normalized spacial score (nSPS) is 42.4. The third-order valence-corrected chi connectivity index (χ3v) is 30.8. The molecule has 2 aromatic carbocycles. The van der Waals surface area contributed by atoms with Gasteiger partial charge in [-0.1, -0.05) is 12.2 Å². The van der Waals surface area contributed by atoms with E-state index < -0.39 is 277 Å². The van der Waals surface area contributed by atoms with Crippen LogP contribution in [0.1, 0.15) is 44.4 Å². The van der Waals surface area contributed by atoms with Crippen LogP contribution in [0.15, 0.2) is 217 Å². The zero-order valence-electron chi connectivity index (χ0n) is 53.9. The lowest BCUT2D eigenvalue weighted by Crippen LogP contribution is -2.91. The van der Waals surface area contributed by atoms with Crippen LogP contribution in [-0.4, -0.2) is 156 Å². The Morgan fingerprint density at radius 3 is 1.92 bits per heavy atom. The number of aromatic hydroxyl groups is 1. The molecule has 0 amide bonds. The molecule has 16 unspecified atom stereocenters. The number of aromatic carboxylic acids is 1. The van der Waals surface area contributed by atoms with Gasteiger partial charge in [-0.2, -0.15) is 0 Å². The summed E-state index contributed by atoms with van der Waals surface area (Å²) in [5.41, 5.74) is -24.2. The number of hydrogen-bond donors (Lipinski definition) is 13. The molecule has 3 heterocycles. The van der Waals surface area contributed by atoms with Gasteiger partial charge < -0.3 is 90.1 Å². The van der Waals surface area contributed by atoms with Crippen LogP contribution in [0, 0.1) is 82.9 Å². The van der Waals surface area contributed by atoms with Crippen molar-refractivity contribution in [3.8, 4) is 5.75 Å².